The van der Waals surface area contributed by atoms with Crippen LogP contribution in [0.25, 0.3) is 11.5 Å². The maximum Gasteiger partial charge on any atom is 0.261 e. The minimum absolute atomic E-state index is 0.0764. The molecule has 1 aromatic carbocycles. The van der Waals surface area contributed by atoms with Gasteiger partial charge in [-0.05, 0) is 54.8 Å². The molecule has 6 heteroatoms. The van der Waals surface area contributed by atoms with Crippen LogP contribution in [0, 0.1) is 0 Å². The number of rotatable bonds is 7. The van der Waals surface area contributed by atoms with E-state index in [9.17, 15) is 9.59 Å². The molecule has 2 heterocycles. The monoisotopic (exact) mass is 398 g/mol. The van der Waals surface area contributed by atoms with E-state index in [-0.39, 0.29) is 11.0 Å². The van der Waals surface area contributed by atoms with Crippen LogP contribution in [0.3, 0.4) is 0 Å². The van der Waals surface area contributed by atoms with Gasteiger partial charge in [0.2, 0.25) is 0 Å². The first-order valence-corrected chi connectivity index (χ1v) is 9.68. The minimum Gasteiger partial charge on any atom is -0.463 e. The molecule has 0 unspecified atom stereocenters. The van der Waals surface area contributed by atoms with Crippen molar-refractivity contribution in [3.63, 3.8) is 0 Å². The van der Waals surface area contributed by atoms with Crippen molar-refractivity contribution in [1.82, 2.24) is 10.3 Å². The van der Waals surface area contributed by atoms with Gasteiger partial charge < -0.3 is 14.7 Å². The Bertz CT molecular complexity index is 987. The van der Waals surface area contributed by atoms with E-state index in [0.717, 1.165) is 18.4 Å². The molecule has 3 rings (SSSR count). The zero-order valence-electron chi connectivity index (χ0n) is 15.9. The van der Waals surface area contributed by atoms with Crippen molar-refractivity contribution in [2.45, 2.75) is 32.1 Å². The van der Waals surface area contributed by atoms with Gasteiger partial charge in [-0.1, -0.05) is 37.6 Å². The lowest BCUT2D eigenvalue weighted by atomic mass is 9.75. The number of aromatic nitrogens is 1. The van der Waals surface area contributed by atoms with Crippen LogP contribution in [-0.2, 0) is 5.41 Å². The Morgan fingerprint density at radius 3 is 2.39 bits per heavy atom. The maximum absolute atomic E-state index is 12.7. The van der Waals surface area contributed by atoms with Crippen molar-refractivity contribution in [3.05, 3.63) is 81.3 Å². The summed E-state index contributed by atoms with van der Waals surface area (Å²) in [6.45, 7) is 4.62. The van der Waals surface area contributed by atoms with Gasteiger partial charge in [-0.2, -0.15) is 0 Å². The summed E-state index contributed by atoms with van der Waals surface area (Å²) in [4.78, 5) is 27.7. The van der Waals surface area contributed by atoms with Crippen LogP contribution in [0.2, 0.25) is 5.02 Å². The standard InChI is InChI=1S/C22H23ClN2O3/c1-3-22(4-2,15-7-9-16(23)10-8-15)14-24-20(26)17-11-12-18(25-21(17)27)19-6-5-13-28-19/h5-13H,3-4,14H2,1-2H3,(H,24,26)(H,25,27). The van der Waals surface area contributed by atoms with E-state index < -0.39 is 11.5 Å². The van der Waals surface area contributed by atoms with E-state index in [1.807, 2.05) is 24.3 Å². The smallest absolute Gasteiger partial charge is 0.261 e. The molecule has 0 bridgehead atoms. The average molecular weight is 399 g/mol. The molecule has 0 aliphatic heterocycles. The summed E-state index contributed by atoms with van der Waals surface area (Å²) in [6.07, 6.45) is 3.22. The zero-order valence-corrected chi connectivity index (χ0v) is 16.7. The quantitative estimate of drug-likeness (QED) is 0.601. The highest BCUT2D eigenvalue weighted by Gasteiger charge is 2.29. The Balaban J connectivity index is 1.78. The summed E-state index contributed by atoms with van der Waals surface area (Å²) < 4.78 is 5.27. The van der Waals surface area contributed by atoms with E-state index in [2.05, 4.69) is 24.1 Å². The molecule has 0 aliphatic carbocycles. The number of pyridine rings is 1. The number of benzene rings is 1. The molecule has 2 N–H and O–H groups in total. The Kier molecular flexibility index (Phi) is 6.05. The van der Waals surface area contributed by atoms with Crippen LogP contribution in [0.5, 0.6) is 0 Å². The first-order valence-electron chi connectivity index (χ1n) is 9.30. The summed E-state index contributed by atoms with van der Waals surface area (Å²) in [7, 11) is 0. The Morgan fingerprint density at radius 1 is 1.11 bits per heavy atom. The minimum atomic E-state index is -0.448. The van der Waals surface area contributed by atoms with Crippen LogP contribution < -0.4 is 10.9 Å². The molecule has 0 fully saturated rings. The number of amides is 1. The highest BCUT2D eigenvalue weighted by Crippen LogP contribution is 2.32. The number of nitrogens with one attached hydrogen (secondary N) is 2. The van der Waals surface area contributed by atoms with Crippen molar-refractivity contribution < 1.29 is 9.21 Å². The molecule has 2 aromatic heterocycles. The van der Waals surface area contributed by atoms with Crippen LogP contribution in [0.15, 0.2) is 64.0 Å². The lowest BCUT2D eigenvalue weighted by Gasteiger charge is -2.32. The van der Waals surface area contributed by atoms with Crippen molar-refractivity contribution in [2.75, 3.05) is 6.54 Å². The van der Waals surface area contributed by atoms with Crippen molar-refractivity contribution in [3.8, 4) is 11.5 Å². The number of aromatic amines is 1. The summed E-state index contributed by atoms with van der Waals surface area (Å²) in [5.74, 6) is 0.148. The first-order chi connectivity index (χ1) is 13.5. The van der Waals surface area contributed by atoms with Crippen LogP contribution in [-0.4, -0.2) is 17.4 Å². The summed E-state index contributed by atoms with van der Waals surface area (Å²) in [5.41, 5.74) is 1.05. The molecule has 28 heavy (non-hydrogen) atoms. The Labute approximate surface area is 168 Å². The Morgan fingerprint density at radius 2 is 1.82 bits per heavy atom. The molecular formula is C22H23ClN2O3. The van der Waals surface area contributed by atoms with Gasteiger partial charge in [0.15, 0.2) is 0 Å². The number of hydrogen-bond donors (Lipinski definition) is 2. The molecule has 3 aromatic rings. The van der Waals surface area contributed by atoms with Gasteiger partial charge in [-0.3, -0.25) is 9.59 Å². The van der Waals surface area contributed by atoms with Gasteiger partial charge in [0.25, 0.3) is 11.5 Å². The van der Waals surface area contributed by atoms with Crippen LogP contribution in [0.4, 0.5) is 0 Å². The second-order valence-corrected chi connectivity index (χ2v) is 7.21. The van der Waals surface area contributed by atoms with E-state index in [1.165, 1.54) is 12.3 Å². The van der Waals surface area contributed by atoms with E-state index >= 15 is 0 Å². The molecule has 1 amide bonds. The molecule has 0 saturated heterocycles. The molecule has 146 valence electrons. The van der Waals surface area contributed by atoms with Gasteiger partial charge in [0, 0.05) is 17.0 Å². The number of hydrogen-bond acceptors (Lipinski definition) is 3. The molecular weight excluding hydrogens is 376 g/mol. The van der Waals surface area contributed by atoms with E-state index in [4.69, 9.17) is 16.0 Å². The molecule has 0 spiro atoms. The normalized spacial score (nSPS) is 11.4. The molecule has 0 atom stereocenters. The third kappa shape index (κ3) is 4.04. The second kappa shape index (κ2) is 8.48. The molecule has 0 radical (unpaired) electrons. The lowest BCUT2D eigenvalue weighted by molar-refractivity contribution is 0.0940. The number of halogens is 1. The lowest BCUT2D eigenvalue weighted by Crippen LogP contribution is -2.41. The SMILES string of the molecule is CCC(CC)(CNC(=O)c1ccc(-c2ccco2)[nH]c1=O)c1ccc(Cl)cc1. The topological polar surface area (TPSA) is 75.1 Å². The van der Waals surface area contributed by atoms with Gasteiger partial charge in [0.05, 0.1) is 12.0 Å². The third-order valence-corrected chi connectivity index (χ3v) is 5.59. The summed E-state index contributed by atoms with van der Waals surface area (Å²) in [5, 5.41) is 3.61. The number of carbonyl (C=O) groups is 1. The molecule has 5 nitrogen and oxygen atoms in total. The van der Waals surface area contributed by atoms with E-state index in [0.29, 0.717) is 23.0 Å². The fraction of sp³-hybridized carbons (Fsp3) is 0.273. The van der Waals surface area contributed by atoms with Crippen LogP contribution in [0.1, 0.15) is 42.6 Å². The maximum atomic E-state index is 12.7. The fourth-order valence-electron chi connectivity index (χ4n) is 3.39. The Hall–Kier alpha value is -2.79. The van der Waals surface area contributed by atoms with Gasteiger partial charge in [-0.25, -0.2) is 0 Å². The number of H-pyrrole nitrogens is 1. The van der Waals surface area contributed by atoms with Crippen LogP contribution >= 0.6 is 11.6 Å². The fourth-order valence-corrected chi connectivity index (χ4v) is 3.51. The zero-order chi connectivity index (χ0) is 20.1. The van der Waals surface area contributed by atoms with Crippen molar-refractivity contribution in [1.29, 1.82) is 0 Å². The highest BCUT2D eigenvalue weighted by molar-refractivity contribution is 6.30. The van der Waals surface area contributed by atoms with E-state index in [1.54, 1.807) is 18.2 Å². The summed E-state index contributed by atoms with van der Waals surface area (Å²) in [6, 6.07) is 14.4. The molecule has 0 saturated carbocycles. The predicted molar refractivity (Wildman–Crippen MR) is 111 cm³/mol. The predicted octanol–water partition coefficient (Wildman–Crippen LogP) is 4.78. The second-order valence-electron chi connectivity index (χ2n) is 6.77. The third-order valence-electron chi connectivity index (χ3n) is 5.34. The number of carbonyl (C=O) groups excluding carboxylic acids is 1. The van der Waals surface area contributed by atoms with Crippen molar-refractivity contribution >= 4 is 17.5 Å². The van der Waals surface area contributed by atoms with Gasteiger partial charge >= 0.3 is 0 Å². The first kappa shape index (κ1) is 20.0. The van der Waals surface area contributed by atoms with Gasteiger partial charge in [-0.15, -0.1) is 0 Å². The molecule has 0 aliphatic rings. The largest absolute Gasteiger partial charge is 0.463 e. The number of furan rings is 1. The highest BCUT2D eigenvalue weighted by atomic mass is 35.5. The average Bonchev–Trinajstić information content (AvgIpc) is 3.25. The van der Waals surface area contributed by atoms with Gasteiger partial charge in [0.1, 0.15) is 11.3 Å². The summed E-state index contributed by atoms with van der Waals surface area (Å²) >= 11 is 6.01. The van der Waals surface area contributed by atoms with Crippen molar-refractivity contribution in [2.24, 2.45) is 0 Å².